The van der Waals surface area contributed by atoms with Gasteiger partial charge in [0, 0.05) is 0 Å². The van der Waals surface area contributed by atoms with Crippen molar-refractivity contribution in [3.63, 3.8) is 0 Å². The van der Waals surface area contributed by atoms with Crippen LogP contribution in [0.1, 0.15) is 12.6 Å². The van der Waals surface area contributed by atoms with Gasteiger partial charge in [-0.2, -0.15) is 4.39 Å². The maximum absolute atomic E-state index is 13.0. The first-order chi connectivity index (χ1) is 5.99. The number of hydrogen-bond donors (Lipinski definition) is 0. The summed E-state index contributed by atoms with van der Waals surface area (Å²) in [5.74, 6) is -1.13. The summed E-state index contributed by atoms with van der Waals surface area (Å²) in [6.45, 7) is 2.88. The molecule has 0 N–H and O–H groups in total. The molecule has 0 aliphatic rings. The second-order valence-electron chi connectivity index (χ2n) is 2.48. The lowest BCUT2D eigenvalue weighted by atomic mass is 10.4. The molecule has 0 bridgehead atoms. The van der Waals surface area contributed by atoms with Crippen molar-refractivity contribution in [3.8, 4) is 0 Å². The second kappa shape index (κ2) is 3.37. The number of aryl methyl sites for hydroxylation is 1. The highest BCUT2D eigenvalue weighted by Crippen LogP contribution is 2.16. The topological polar surface area (TPSA) is 59.9 Å². The lowest BCUT2D eigenvalue weighted by Crippen LogP contribution is -2.10. The van der Waals surface area contributed by atoms with Crippen molar-refractivity contribution in [3.05, 3.63) is 18.0 Å². The van der Waals surface area contributed by atoms with Gasteiger partial charge in [0.25, 0.3) is 0 Å². The monoisotopic (exact) mass is 204 g/mol. The average molecular weight is 204 g/mol. The third-order valence-corrected chi connectivity index (χ3v) is 3.48. The summed E-state index contributed by atoms with van der Waals surface area (Å²) in [7, 11) is -3.56. The fraction of sp³-hybridized carbons (Fsp3) is 0.429. The number of rotatable bonds is 2. The van der Waals surface area contributed by atoms with Gasteiger partial charge in [0.1, 0.15) is 11.2 Å². The summed E-state index contributed by atoms with van der Waals surface area (Å²) in [6.07, 6.45) is 0.999. The van der Waals surface area contributed by atoms with Gasteiger partial charge in [-0.25, -0.2) is 18.4 Å². The van der Waals surface area contributed by atoms with Gasteiger partial charge in [-0.3, -0.25) is 0 Å². The molecular weight excluding hydrogens is 195 g/mol. The fourth-order valence-corrected chi connectivity index (χ4v) is 2.03. The zero-order valence-corrected chi connectivity index (χ0v) is 8.10. The van der Waals surface area contributed by atoms with E-state index in [2.05, 4.69) is 9.97 Å². The van der Waals surface area contributed by atoms with Crippen LogP contribution in [0.25, 0.3) is 0 Å². The maximum atomic E-state index is 13.0. The summed E-state index contributed by atoms with van der Waals surface area (Å²) in [5, 5.41) is 0. The number of halogens is 1. The van der Waals surface area contributed by atoms with E-state index in [1.54, 1.807) is 0 Å². The van der Waals surface area contributed by atoms with Crippen molar-refractivity contribution < 1.29 is 12.8 Å². The van der Waals surface area contributed by atoms with E-state index >= 15 is 0 Å². The Labute approximate surface area is 75.8 Å². The second-order valence-corrected chi connectivity index (χ2v) is 4.70. The molecule has 0 unspecified atom stereocenters. The van der Waals surface area contributed by atoms with Crippen LogP contribution in [0.15, 0.2) is 11.2 Å². The minimum atomic E-state index is -3.56. The quantitative estimate of drug-likeness (QED) is 0.666. The molecule has 0 spiro atoms. The van der Waals surface area contributed by atoms with Crippen molar-refractivity contribution in [2.45, 2.75) is 18.7 Å². The molecule has 0 saturated carbocycles. The van der Waals surface area contributed by atoms with Crippen molar-refractivity contribution in [2.24, 2.45) is 0 Å². The van der Waals surface area contributed by atoms with E-state index in [0.717, 1.165) is 6.33 Å². The molecule has 0 atom stereocenters. The molecule has 0 aromatic carbocycles. The smallest absolute Gasteiger partial charge is 0.235 e. The molecule has 1 aromatic rings. The molecule has 6 heteroatoms. The maximum Gasteiger partial charge on any atom is 0.235 e. The SMILES string of the molecule is CCS(=O)(=O)c1c(C)ncnc1F. The standard InChI is InChI=1S/C7H9FN2O2S/c1-3-13(11,12)6-5(2)9-4-10-7(6)8/h4H,3H2,1-2H3. The Morgan fingerprint density at radius 1 is 1.46 bits per heavy atom. The highest BCUT2D eigenvalue weighted by atomic mass is 32.2. The Hall–Kier alpha value is -1.04. The third-order valence-electron chi connectivity index (χ3n) is 1.63. The summed E-state index contributed by atoms with van der Waals surface area (Å²) in [6, 6.07) is 0. The molecule has 1 aromatic heterocycles. The Morgan fingerprint density at radius 2 is 2.08 bits per heavy atom. The summed E-state index contributed by atoms with van der Waals surface area (Å²) in [4.78, 5) is 6.43. The van der Waals surface area contributed by atoms with Crippen LogP contribution in [-0.2, 0) is 9.84 Å². The van der Waals surface area contributed by atoms with Gasteiger partial charge in [0.05, 0.1) is 11.4 Å². The zero-order valence-electron chi connectivity index (χ0n) is 7.28. The first-order valence-electron chi connectivity index (χ1n) is 3.69. The van der Waals surface area contributed by atoms with E-state index in [1.165, 1.54) is 13.8 Å². The van der Waals surface area contributed by atoms with E-state index in [-0.39, 0.29) is 11.4 Å². The number of nitrogens with zero attached hydrogens (tertiary/aromatic N) is 2. The highest BCUT2D eigenvalue weighted by molar-refractivity contribution is 7.91. The van der Waals surface area contributed by atoms with Gasteiger partial charge >= 0.3 is 0 Å². The van der Waals surface area contributed by atoms with E-state index in [0.29, 0.717) is 0 Å². The average Bonchev–Trinajstić information content (AvgIpc) is 2.03. The predicted molar refractivity (Wildman–Crippen MR) is 44.5 cm³/mol. The first kappa shape index (κ1) is 10.0. The molecule has 0 amide bonds. The number of aromatic nitrogens is 2. The van der Waals surface area contributed by atoms with Crippen LogP contribution >= 0.6 is 0 Å². The van der Waals surface area contributed by atoms with Crippen LogP contribution in [0.5, 0.6) is 0 Å². The third kappa shape index (κ3) is 1.82. The van der Waals surface area contributed by atoms with Crippen molar-refractivity contribution in [2.75, 3.05) is 5.75 Å². The Balaban J connectivity index is 3.46. The number of sulfone groups is 1. The predicted octanol–water partition coefficient (Wildman–Crippen LogP) is 0.718. The molecule has 0 radical (unpaired) electrons. The van der Waals surface area contributed by atoms with Crippen LogP contribution in [-0.4, -0.2) is 24.1 Å². The Bertz CT molecular complexity index is 396. The van der Waals surface area contributed by atoms with Crippen LogP contribution in [0, 0.1) is 12.9 Å². The molecule has 0 fully saturated rings. The lowest BCUT2D eigenvalue weighted by molar-refractivity contribution is 0.529. The van der Waals surface area contributed by atoms with Crippen molar-refractivity contribution in [1.82, 2.24) is 9.97 Å². The van der Waals surface area contributed by atoms with Crippen LogP contribution in [0.3, 0.4) is 0 Å². The molecule has 0 saturated heterocycles. The highest BCUT2D eigenvalue weighted by Gasteiger charge is 2.21. The minimum absolute atomic E-state index is 0.148. The number of hydrogen-bond acceptors (Lipinski definition) is 4. The van der Waals surface area contributed by atoms with Gasteiger partial charge in [-0.05, 0) is 6.92 Å². The van der Waals surface area contributed by atoms with Crippen LogP contribution in [0.2, 0.25) is 0 Å². The van der Waals surface area contributed by atoms with Crippen LogP contribution in [0.4, 0.5) is 4.39 Å². The van der Waals surface area contributed by atoms with Crippen LogP contribution < -0.4 is 0 Å². The Morgan fingerprint density at radius 3 is 2.54 bits per heavy atom. The van der Waals surface area contributed by atoms with Gasteiger partial charge in [-0.15, -0.1) is 0 Å². The Kier molecular flexibility index (Phi) is 2.60. The van der Waals surface area contributed by atoms with E-state index in [1.807, 2.05) is 0 Å². The summed E-state index contributed by atoms with van der Waals surface area (Å²) < 4.78 is 35.6. The lowest BCUT2D eigenvalue weighted by Gasteiger charge is -2.03. The fourth-order valence-electron chi connectivity index (χ4n) is 0.930. The molecular formula is C7H9FN2O2S. The molecule has 1 rings (SSSR count). The molecule has 4 nitrogen and oxygen atoms in total. The van der Waals surface area contributed by atoms with Gasteiger partial charge in [0.2, 0.25) is 5.95 Å². The molecule has 1 heterocycles. The minimum Gasteiger partial charge on any atom is -0.240 e. The van der Waals surface area contributed by atoms with Gasteiger partial charge in [0.15, 0.2) is 9.84 Å². The van der Waals surface area contributed by atoms with Crippen molar-refractivity contribution >= 4 is 9.84 Å². The molecule has 0 aliphatic heterocycles. The van der Waals surface area contributed by atoms with E-state index in [4.69, 9.17) is 0 Å². The molecule has 72 valence electrons. The van der Waals surface area contributed by atoms with Crippen molar-refractivity contribution in [1.29, 1.82) is 0 Å². The molecule has 0 aliphatic carbocycles. The zero-order chi connectivity index (χ0) is 10.1. The van der Waals surface area contributed by atoms with E-state index < -0.39 is 20.7 Å². The largest absolute Gasteiger partial charge is 0.240 e. The first-order valence-corrected chi connectivity index (χ1v) is 5.34. The summed E-state index contributed by atoms with van der Waals surface area (Å²) in [5.41, 5.74) is 0.148. The molecule has 13 heavy (non-hydrogen) atoms. The van der Waals surface area contributed by atoms with Gasteiger partial charge in [-0.1, -0.05) is 6.92 Å². The van der Waals surface area contributed by atoms with E-state index in [9.17, 15) is 12.8 Å². The normalized spacial score (nSPS) is 11.6. The van der Waals surface area contributed by atoms with Gasteiger partial charge < -0.3 is 0 Å². The summed E-state index contributed by atoms with van der Waals surface area (Å²) >= 11 is 0.